The highest BCUT2D eigenvalue weighted by molar-refractivity contribution is 7.90. The maximum Gasteiger partial charge on any atom is 0.227 e. The van der Waals surface area contributed by atoms with E-state index in [1.54, 1.807) is 15.8 Å². The summed E-state index contributed by atoms with van der Waals surface area (Å²) in [5.41, 5.74) is 1.77. The van der Waals surface area contributed by atoms with Crippen LogP contribution in [0.2, 0.25) is 0 Å². The number of amides is 1. The number of hydrogen-bond donors (Lipinski definition) is 1. The first-order chi connectivity index (χ1) is 14.0. The van der Waals surface area contributed by atoms with E-state index >= 15 is 0 Å². The first kappa shape index (κ1) is 20.1. The Morgan fingerprint density at radius 2 is 1.86 bits per heavy atom. The first-order valence-electron chi connectivity index (χ1n) is 10.4. The highest BCUT2D eigenvalue weighted by Gasteiger charge is 2.34. The number of nitrogens with one attached hydrogen (secondary N) is 1. The predicted molar refractivity (Wildman–Crippen MR) is 111 cm³/mol. The number of hydrogen-bond acceptors (Lipinski definition) is 4. The minimum atomic E-state index is -3.40. The molecule has 29 heavy (non-hydrogen) atoms. The third-order valence-electron chi connectivity index (χ3n) is 5.87. The monoisotopic (exact) mass is 416 g/mol. The van der Waals surface area contributed by atoms with Crippen LogP contribution in [0.15, 0.2) is 42.7 Å². The summed E-state index contributed by atoms with van der Waals surface area (Å²) in [6.45, 7) is 0.884. The molecule has 1 atom stereocenters. The van der Waals surface area contributed by atoms with Crippen molar-refractivity contribution in [1.82, 2.24) is 19.4 Å². The van der Waals surface area contributed by atoms with Gasteiger partial charge in [0.2, 0.25) is 15.9 Å². The molecule has 2 aromatic rings. The molecule has 1 aromatic heterocycles. The maximum atomic E-state index is 12.8. The topological polar surface area (TPSA) is 84.3 Å². The molecule has 1 aromatic carbocycles. The Bertz CT molecular complexity index is 936. The molecule has 2 heterocycles. The van der Waals surface area contributed by atoms with Crippen LogP contribution in [0.1, 0.15) is 44.1 Å². The van der Waals surface area contributed by atoms with Crippen molar-refractivity contribution in [3.8, 4) is 5.69 Å². The predicted octanol–water partition coefficient (Wildman–Crippen LogP) is 2.27. The molecule has 4 rings (SSSR count). The van der Waals surface area contributed by atoms with E-state index in [9.17, 15) is 13.2 Å². The van der Waals surface area contributed by atoms with Crippen molar-refractivity contribution in [3.05, 3.63) is 48.3 Å². The summed E-state index contributed by atoms with van der Waals surface area (Å²) in [5, 5.41) is 3.82. The zero-order valence-electron chi connectivity index (χ0n) is 16.5. The van der Waals surface area contributed by atoms with Crippen molar-refractivity contribution in [2.75, 3.05) is 13.1 Å². The van der Waals surface area contributed by atoms with E-state index in [1.165, 1.54) is 0 Å². The molecule has 1 amide bonds. The van der Waals surface area contributed by atoms with Gasteiger partial charge in [0, 0.05) is 25.3 Å². The largest absolute Gasteiger partial charge is 0.341 e. The lowest BCUT2D eigenvalue weighted by Crippen LogP contribution is -2.50. The van der Waals surface area contributed by atoms with E-state index in [1.807, 2.05) is 36.5 Å². The van der Waals surface area contributed by atoms with E-state index in [4.69, 9.17) is 0 Å². The summed E-state index contributed by atoms with van der Waals surface area (Å²) in [7, 11) is -3.40. The molecule has 1 aliphatic heterocycles. The van der Waals surface area contributed by atoms with E-state index in [0.717, 1.165) is 36.9 Å². The average Bonchev–Trinajstić information content (AvgIpc) is 3.41. The molecule has 1 saturated carbocycles. The summed E-state index contributed by atoms with van der Waals surface area (Å²) >= 11 is 0. The number of rotatable bonds is 6. The molecule has 0 spiro atoms. The van der Waals surface area contributed by atoms with Crippen molar-refractivity contribution >= 4 is 15.9 Å². The number of piperidine rings is 1. The van der Waals surface area contributed by atoms with Crippen molar-refractivity contribution in [1.29, 1.82) is 0 Å². The average molecular weight is 417 g/mol. The second kappa shape index (κ2) is 8.67. The van der Waals surface area contributed by atoms with Crippen LogP contribution in [-0.4, -0.2) is 53.4 Å². The summed E-state index contributed by atoms with van der Waals surface area (Å²) in [6, 6.07) is 9.80. The van der Waals surface area contributed by atoms with Gasteiger partial charge in [-0.3, -0.25) is 4.79 Å². The Hall–Kier alpha value is -2.19. The minimum Gasteiger partial charge on any atom is -0.341 e. The number of likely N-dealkylation sites (tertiary alicyclic amines) is 1. The van der Waals surface area contributed by atoms with Gasteiger partial charge < -0.3 is 4.90 Å². The SMILES string of the molecule is O=C(Cc1cnn(-c2ccccc2)c1)N1CCC[C@H](S(=O)(=O)NC2CCCC2)C1. The number of para-hydroxylation sites is 1. The van der Waals surface area contributed by atoms with Crippen molar-refractivity contribution < 1.29 is 13.2 Å². The Labute approximate surface area is 172 Å². The summed E-state index contributed by atoms with van der Waals surface area (Å²) in [6.07, 6.45) is 9.11. The zero-order valence-corrected chi connectivity index (χ0v) is 17.4. The Morgan fingerprint density at radius 1 is 1.10 bits per heavy atom. The molecule has 0 bridgehead atoms. The van der Waals surface area contributed by atoms with Gasteiger partial charge in [0.15, 0.2) is 0 Å². The Balaban J connectivity index is 1.37. The van der Waals surface area contributed by atoms with E-state index < -0.39 is 15.3 Å². The second-order valence-corrected chi connectivity index (χ2v) is 10.0. The lowest BCUT2D eigenvalue weighted by Gasteiger charge is -2.33. The molecule has 8 heteroatoms. The Morgan fingerprint density at radius 3 is 2.62 bits per heavy atom. The summed E-state index contributed by atoms with van der Waals surface area (Å²) in [5.74, 6) is -0.0432. The fourth-order valence-electron chi connectivity index (χ4n) is 4.25. The van der Waals surface area contributed by atoms with Crippen LogP contribution < -0.4 is 4.72 Å². The summed E-state index contributed by atoms with van der Waals surface area (Å²) < 4.78 is 30.2. The van der Waals surface area contributed by atoms with Gasteiger partial charge in [0.1, 0.15) is 0 Å². The maximum absolute atomic E-state index is 12.8. The van der Waals surface area contributed by atoms with Gasteiger partial charge in [-0.2, -0.15) is 5.10 Å². The smallest absolute Gasteiger partial charge is 0.227 e. The van der Waals surface area contributed by atoms with Crippen LogP contribution in [0.25, 0.3) is 5.69 Å². The normalized spacial score (nSPS) is 20.8. The second-order valence-electron chi connectivity index (χ2n) is 8.05. The van der Waals surface area contributed by atoms with E-state index in [0.29, 0.717) is 19.4 Å². The molecule has 2 fully saturated rings. The zero-order chi connectivity index (χ0) is 20.3. The lowest BCUT2D eigenvalue weighted by atomic mass is 10.1. The molecule has 156 valence electrons. The quantitative estimate of drug-likeness (QED) is 0.783. The molecular weight excluding hydrogens is 388 g/mol. The van der Waals surface area contributed by atoms with Gasteiger partial charge in [-0.25, -0.2) is 17.8 Å². The van der Waals surface area contributed by atoms with Crippen molar-refractivity contribution in [3.63, 3.8) is 0 Å². The van der Waals surface area contributed by atoms with Crippen LogP contribution in [-0.2, 0) is 21.2 Å². The third kappa shape index (κ3) is 4.87. The van der Waals surface area contributed by atoms with Gasteiger partial charge in [-0.1, -0.05) is 31.0 Å². The van der Waals surface area contributed by atoms with Crippen LogP contribution in [0.3, 0.4) is 0 Å². The van der Waals surface area contributed by atoms with Gasteiger partial charge in [-0.15, -0.1) is 0 Å². The van der Waals surface area contributed by atoms with Crippen LogP contribution >= 0.6 is 0 Å². The number of nitrogens with zero attached hydrogens (tertiary/aromatic N) is 3. The molecule has 0 unspecified atom stereocenters. The van der Waals surface area contributed by atoms with Gasteiger partial charge in [0.25, 0.3) is 0 Å². The number of benzene rings is 1. The van der Waals surface area contributed by atoms with Crippen molar-refractivity contribution in [2.45, 2.75) is 56.2 Å². The number of carbonyl (C=O) groups is 1. The highest BCUT2D eigenvalue weighted by Crippen LogP contribution is 2.22. The molecule has 1 aliphatic carbocycles. The number of aromatic nitrogens is 2. The fraction of sp³-hybridized carbons (Fsp3) is 0.524. The minimum absolute atomic E-state index is 0.0432. The molecular formula is C21H28N4O3S. The first-order valence-corrected chi connectivity index (χ1v) is 11.9. The summed E-state index contributed by atoms with van der Waals surface area (Å²) in [4.78, 5) is 14.5. The highest BCUT2D eigenvalue weighted by atomic mass is 32.2. The van der Waals surface area contributed by atoms with Gasteiger partial charge >= 0.3 is 0 Å². The standard InChI is InChI=1S/C21H28N4O3S/c26-21(13-17-14-22-25(15-17)19-9-2-1-3-10-19)24-12-6-11-20(16-24)29(27,28)23-18-7-4-5-8-18/h1-3,9-10,14-15,18,20,23H,4-8,11-13,16H2/t20-/m0/s1. The molecule has 1 N–H and O–H groups in total. The van der Waals surface area contributed by atoms with Gasteiger partial charge in [0.05, 0.1) is 23.6 Å². The molecule has 0 radical (unpaired) electrons. The van der Waals surface area contributed by atoms with Crippen LogP contribution in [0.5, 0.6) is 0 Å². The number of carbonyl (C=O) groups excluding carboxylic acids is 1. The third-order valence-corrected chi connectivity index (χ3v) is 7.79. The number of sulfonamides is 1. The van der Waals surface area contributed by atoms with E-state index in [-0.39, 0.29) is 24.9 Å². The van der Waals surface area contributed by atoms with Crippen LogP contribution in [0, 0.1) is 0 Å². The van der Waals surface area contributed by atoms with Gasteiger partial charge in [-0.05, 0) is 43.4 Å². The fourth-order valence-corrected chi connectivity index (χ4v) is 6.00. The van der Waals surface area contributed by atoms with Crippen molar-refractivity contribution in [2.24, 2.45) is 0 Å². The molecule has 2 aliphatic rings. The van der Waals surface area contributed by atoms with Crippen LogP contribution in [0.4, 0.5) is 0 Å². The lowest BCUT2D eigenvalue weighted by molar-refractivity contribution is -0.131. The molecule has 1 saturated heterocycles. The molecule has 7 nitrogen and oxygen atoms in total. The Kier molecular flexibility index (Phi) is 6.01. The van der Waals surface area contributed by atoms with E-state index in [2.05, 4.69) is 9.82 Å².